The van der Waals surface area contributed by atoms with Gasteiger partial charge in [0.25, 0.3) is 5.91 Å². The molecule has 0 aliphatic carbocycles. The van der Waals surface area contributed by atoms with Crippen LogP contribution in [0.25, 0.3) is 0 Å². The zero-order valence-electron chi connectivity index (χ0n) is 14.0. The number of nitrogens with one attached hydrogen (secondary N) is 1. The molecule has 2 rings (SSSR count). The van der Waals surface area contributed by atoms with E-state index in [-0.39, 0.29) is 19.1 Å². The number of anilines is 1. The lowest BCUT2D eigenvalue weighted by molar-refractivity contribution is 0.0974. The molecule has 0 atom stereocenters. The summed E-state index contributed by atoms with van der Waals surface area (Å²) in [5, 5.41) is 21.4. The van der Waals surface area contributed by atoms with Gasteiger partial charge < -0.3 is 15.2 Å². The van der Waals surface area contributed by atoms with Crippen LogP contribution in [0.5, 0.6) is 5.75 Å². The highest BCUT2D eigenvalue weighted by Crippen LogP contribution is 2.25. The third kappa shape index (κ3) is 5.44. The van der Waals surface area contributed by atoms with Gasteiger partial charge in [-0.25, -0.2) is 0 Å². The first-order chi connectivity index (χ1) is 11.8. The maximum atomic E-state index is 12.3. The molecule has 2 N–H and O–H groups in total. The molecule has 130 valence electrons. The monoisotopic (exact) mass is 450 g/mol. The highest BCUT2D eigenvalue weighted by molar-refractivity contribution is 14.1. The summed E-state index contributed by atoms with van der Waals surface area (Å²) >= 11 is 2.18. The summed E-state index contributed by atoms with van der Waals surface area (Å²) in [6, 6.07) is 14.2. The van der Waals surface area contributed by atoms with Crippen molar-refractivity contribution in [3.05, 3.63) is 57.2 Å². The van der Waals surface area contributed by atoms with E-state index in [4.69, 9.17) is 4.74 Å². The largest absolute Gasteiger partial charge is 0.492 e. The number of ether oxygens (including phenoxy) is 1. The van der Waals surface area contributed by atoms with Gasteiger partial charge in [-0.3, -0.25) is 4.79 Å². The second kappa shape index (κ2) is 8.32. The van der Waals surface area contributed by atoms with Crippen molar-refractivity contribution >= 4 is 34.2 Å². The summed E-state index contributed by atoms with van der Waals surface area (Å²) in [4.78, 5) is 12.3. The van der Waals surface area contributed by atoms with E-state index in [1.807, 2.05) is 26.0 Å². The zero-order chi connectivity index (χ0) is 18.4. The van der Waals surface area contributed by atoms with Gasteiger partial charge >= 0.3 is 0 Å². The lowest BCUT2D eigenvalue weighted by atomic mass is 9.96. The van der Waals surface area contributed by atoms with Crippen molar-refractivity contribution in [2.75, 3.05) is 18.5 Å². The molecule has 0 saturated heterocycles. The number of nitriles is 1. The molecule has 0 bridgehead atoms. The van der Waals surface area contributed by atoms with E-state index >= 15 is 0 Å². The highest BCUT2D eigenvalue weighted by atomic mass is 127. The molecular weight excluding hydrogens is 431 g/mol. The van der Waals surface area contributed by atoms with Gasteiger partial charge in [0.2, 0.25) is 0 Å². The zero-order valence-corrected chi connectivity index (χ0v) is 16.2. The maximum Gasteiger partial charge on any atom is 0.255 e. The standard InChI is InChI=1S/C19H19IN2O3/c1-19(2,11-23)12-25-17-8-7-16(9-14(17)10-21)22-18(24)13-3-5-15(20)6-4-13/h3-9,23H,11-12H2,1-2H3,(H,22,24). The highest BCUT2D eigenvalue weighted by Gasteiger charge is 2.18. The topological polar surface area (TPSA) is 82.3 Å². The normalized spacial score (nSPS) is 10.8. The lowest BCUT2D eigenvalue weighted by Crippen LogP contribution is -2.25. The fraction of sp³-hybridized carbons (Fsp3) is 0.263. The van der Waals surface area contributed by atoms with Crippen LogP contribution in [0, 0.1) is 20.3 Å². The van der Waals surface area contributed by atoms with Gasteiger partial charge in [-0.15, -0.1) is 0 Å². The molecule has 0 heterocycles. The molecular formula is C19H19IN2O3. The molecule has 0 aliphatic rings. The molecule has 25 heavy (non-hydrogen) atoms. The van der Waals surface area contributed by atoms with Gasteiger partial charge in [0.05, 0.1) is 18.8 Å². The van der Waals surface area contributed by atoms with Crippen LogP contribution in [0.15, 0.2) is 42.5 Å². The summed E-state index contributed by atoms with van der Waals surface area (Å²) in [5.74, 6) is 0.187. The van der Waals surface area contributed by atoms with Gasteiger partial charge in [0.15, 0.2) is 0 Å². The Hall–Kier alpha value is -2.11. The molecule has 2 aromatic rings. The molecule has 0 aromatic heterocycles. The van der Waals surface area contributed by atoms with Crippen LogP contribution in [-0.4, -0.2) is 24.2 Å². The summed E-state index contributed by atoms with van der Waals surface area (Å²) in [5.41, 5.74) is 0.997. The Morgan fingerprint density at radius 1 is 1.28 bits per heavy atom. The van der Waals surface area contributed by atoms with E-state index < -0.39 is 5.41 Å². The van der Waals surface area contributed by atoms with E-state index in [2.05, 4.69) is 34.0 Å². The van der Waals surface area contributed by atoms with Crippen LogP contribution in [0.1, 0.15) is 29.8 Å². The van der Waals surface area contributed by atoms with E-state index in [0.717, 1.165) is 3.57 Å². The van der Waals surface area contributed by atoms with Crippen LogP contribution in [0.2, 0.25) is 0 Å². The van der Waals surface area contributed by atoms with E-state index in [0.29, 0.717) is 22.6 Å². The number of hydrogen-bond donors (Lipinski definition) is 2. The number of aliphatic hydroxyl groups is 1. The number of halogens is 1. The first-order valence-corrected chi connectivity index (χ1v) is 8.77. The Kier molecular flexibility index (Phi) is 6.39. The summed E-state index contributed by atoms with van der Waals surface area (Å²) in [6.45, 7) is 4.01. The van der Waals surface area contributed by atoms with Gasteiger partial charge in [-0.1, -0.05) is 13.8 Å². The number of nitrogens with zero attached hydrogens (tertiary/aromatic N) is 1. The fourth-order valence-electron chi connectivity index (χ4n) is 1.94. The predicted octanol–water partition coefficient (Wildman–Crippen LogP) is 3.81. The number of benzene rings is 2. The Labute approximate surface area is 160 Å². The summed E-state index contributed by atoms with van der Waals surface area (Å²) in [6.07, 6.45) is 0. The van der Waals surface area contributed by atoms with Crippen molar-refractivity contribution in [3.63, 3.8) is 0 Å². The van der Waals surface area contributed by atoms with Crippen LogP contribution < -0.4 is 10.1 Å². The molecule has 0 saturated carbocycles. The minimum Gasteiger partial charge on any atom is -0.492 e. The SMILES string of the molecule is CC(C)(CO)COc1ccc(NC(=O)c2ccc(I)cc2)cc1C#N. The molecule has 5 nitrogen and oxygen atoms in total. The van der Waals surface area contributed by atoms with E-state index in [1.165, 1.54) is 0 Å². The van der Waals surface area contributed by atoms with Gasteiger partial charge in [0, 0.05) is 20.2 Å². The van der Waals surface area contributed by atoms with Crippen LogP contribution in [0.4, 0.5) is 5.69 Å². The third-order valence-electron chi connectivity index (χ3n) is 3.51. The van der Waals surface area contributed by atoms with Crippen LogP contribution in [-0.2, 0) is 0 Å². The first-order valence-electron chi connectivity index (χ1n) is 7.69. The van der Waals surface area contributed by atoms with Crippen molar-refractivity contribution in [2.24, 2.45) is 5.41 Å². The Morgan fingerprint density at radius 3 is 2.56 bits per heavy atom. The molecule has 0 aliphatic heterocycles. The number of carbonyl (C=O) groups is 1. The van der Waals surface area contributed by atoms with Crippen molar-refractivity contribution in [1.29, 1.82) is 5.26 Å². The molecule has 0 unspecified atom stereocenters. The first kappa shape index (κ1) is 19.2. The number of aliphatic hydroxyl groups excluding tert-OH is 1. The number of hydrogen-bond acceptors (Lipinski definition) is 4. The Bertz CT molecular complexity index is 795. The van der Waals surface area contributed by atoms with Gasteiger partial charge in [-0.05, 0) is 65.1 Å². The quantitative estimate of drug-likeness (QED) is 0.656. The predicted molar refractivity (Wildman–Crippen MR) is 105 cm³/mol. The second-order valence-corrected chi connectivity index (χ2v) is 7.64. The fourth-order valence-corrected chi connectivity index (χ4v) is 2.30. The molecule has 0 radical (unpaired) electrons. The number of carbonyl (C=O) groups excluding carboxylic acids is 1. The average molecular weight is 450 g/mol. The molecule has 2 aromatic carbocycles. The Morgan fingerprint density at radius 2 is 1.96 bits per heavy atom. The molecule has 1 amide bonds. The van der Waals surface area contributed by atoms with Crippen LogP contribution >= 0.6 is 22.6 Å². The molecule has 6 heteroatoms. The smallest absolute Gasteiger partial charge is 0.255 e. The third-order valence-corrected chi connectivity index (χ3v) is 4.23. The maximum absolute atomic E-state index is 12.3. The molecule has 0 spiro atoms. The summed E-state index contributed by atoms with van der Waals surface area (Å²) < 4.78 is 6.69. The minimum absolute atomic E-state index is 0.0148. The number of rotatable bonds is 6. The second-order valence-electron chi connectivity index (χ2n) is 6.39. The van der Waals surface area contributed by atoms with E-state index in [1.54, 1.807) is 30.3 Å². The summed E-state index contributed by atoms with van der Waals surface area (Å²) in [7, 11) is 0. The van der Waals surface area contributed by atoms with Crippen molar-refractivity contribution in [2.45, 2.75) is 13.8 Å². The number of amides is 1. The van der Waals surface area contributed by atoms with Crippen molar-refractivity contribution < 1.29 is 14.6 Å². The van der Waals surface area contributed by atoms with Crippen LogP contribution in [0.3, 0.4) is 0 Å². The van der Waals surface area contributed by atoms with Gasteiger partial charge in [0.1, 0.15) is 11.8 Å². The average Bonchev–Trinajstić information content (AvgIpc) is 2.61. The lowest BCUT2D eigenvalue weighted by Gasteiger charge is -2.22. The molecule has 0 fully saturated rings. The van der Waals surface area contributed by atoms with Crippen molar-refractivity contribution in [3.8, 4) is 11.8 Å². The van der Waals surface area contributed by atoms with Gasteiger partial charge in [-0.2, -0.15) is 5.26 Å². The Balaban J connectivity index is 2.11. The van der Waals surface area contributed by atoms with E-state index in [9.17, 15) is 15.2 Å². The minimum atomic E-state index is -0.398. The van der Waals surface area contributed by atoms with Crippen molar-refractivity contribution in [1.82, 2.24) is 0 Å².